The molecule has 2 aliphatic rings. The van der Waals surface area contributed by atoms with Crippen LogP contribution in [-0.2, 0) is 9.47 Å². The number of nitrogens with one attached hydrogen (secondary N) is 1. The first-order valence-corrected chi connectivity index (χ1v) is 11.4. The molecular weight excluding hydrogens is 424 g/mol. The van der Waals surface area contributed by atoms with Crippen molar-refractivity contribution >= 4 is 12.1 Å². The van der Waals surface area contributed by atoms with E-state index in [0.717, 1.165) is 36.1 Å². The van der Waals surface area contributed by atoms with E-state index >= 15 is 0 Å². The van der Waals surface area contributed by atoms with Gasteiger partial charge in [0.2, 0.25) is 0 Å². The molecule has 2 unspecified atom stereocenters. The average molecular weight is 459 g/mol. The van der Waals surface area contributed by atoms with Crippen molar-refractivity contribution in [1.29, 1.82) is 0 Å². The maximum atomic E-state index is 11.5. The topological polar surface area (TPSA) is 123 Å². The van der Waals surface area contributed by atoms with Gasteiger partial charge < -0.3 is 35.5 Å². The third-order valence-electron chi connectivity index (χ3n) is 5.76. The number of ether oxygens (including phenoxy) is 3. The van der Waals surface area contributed by atoms with Crippen LogP contribution in [0.25, 0.3) is 6.08 Å². The van der Waals surface area contributed by atoms with Gasteiger partial charge in [0.25, 0.3) is 0 Å². The molecule has 8 heteroatoms. The van der Waals surface area contributed by atoms with Crippen molar-refractivity contribution in [2.45, 2.75) is 25.3 Å². The molecule has 0 aliphatic heterocycles. The third-order valence-corrected chi connectivity index (χ3v) is 5.76. The van der Waals surface area contributed by atoms with Crippen molar-refractivity contribution < 1.29 is 29.2 Å². The Bertz CT molecular complexity index is 862. The van der Waals surface area contributed by atoms with Gasteiger partial charge in [-0.05, 0) is 54.0 Å². The number of amides is 2. The largest absolute Gasteiger partial charge is 0.491 e. The summed E-state index contributed by atoms with van der Waals surface area (Å²) in [5, 5.41) is 20.5. The van der Waals surface area contributed by atoms with Gasteiger partial charge in [0.05, 0.1) is 39.1 Å². The molecule has 5 N–H and O–H groups in total. The van der Waals surface area contributed by atoms with Crippen LogP contribution in [0.4, 0.5) is 4.79 Å². The lowest BCUT2D eigenvalue weighted by Crippen LogP contribution is -2.38. The molecule has 2 amide bonds. The van der Waals surface area contributed by atoms with Gasteiger partial charge in [0.1, 0.15) is 12.4 Å². The Labute approximate surface area is 194 Å². The summed E-state index contributed by atoms with van der Waals surface area (Å²) in [5.74, 6) is 1.07. The van der Waals surface area contributed by atoms with Crippen molar-refractivity contribution in [3.63, 3.8) is 0 Å². The van der Waals surface area contributed by atoms with Crippen LogP contribution in [0.1, 0.15) is 24.8 Å². The first-order chi connectivity index (χ1) is 16.1. The van der Waals surface area contributed by atoms with E-state index in [0.29, 0.717) is 39.0 Å². The summed E-state index contributed by atoms with van der Waals surface area (Å²) in [6.45, 7) is 2.12. The van der Waals surface area contributed by atoms with Crippen LogP contribution >= 0.6 is 0 Å². The fourth-order valence-electron chi connectivity index (χ4n) is 4.31. The maximum absolute atomic E-state index is 11.5. The number of primary amides is 1. The Balaban J connectivity index is 1.61. The number of rotatable bonds is 13. The van der Waals surface area contributed by atoms with E-state index in [4.69, 9.17) is 30.2 Å². The van der Waals surface area contributed by atoms with Crippen LogP contribution < -0.4 is 15.8 Å². The van der Waals surface area contributed by atoms with Crippen molar-refractivity contribution in [1.82, 2.24) is 5.32 Å². The number of carbonyl (C=O) groups is 1. The summed E-state index contributed by atoms with van der Waals surface area (Å²) in [6.07, 6.45) is 8.80. The Morgan fingerprint density at radius 1 is 1.03 bits per heavy atom. The molecule has 1 aromatic rings. The van der Waals surface area contributed by atoms with Gasteiger partial charge in [-0.25, -0.2) is 4.79 Å². The number of nitrogens with two attached hydrogens (primary N) is 1. The van der Waals surface area contributed by atoms with E-state index in [1.165, 1.54) is 11.1 Å². The van der Waals surface area contributed by atoms with E-state index in [1.54, 1.807) is 0 Å². The molecule has 0 saturated carbocycles. The molecular formula is C25H34N2O6. The second-order valence-electron chi connectivity index (χ2n) is 8.08. The molecule has 0 saturated heterocycles. The van der Waals surface area contributed by atoms with E-state index in [1.807, 2.05) is 24.3 Å². The van der Waals surface area contributed by atoms with Crippen molar-refractivity contribution in [3.8, 4) is 5.75 Å². The Kier molecular flexibility index (Phi) is 9.96. The minimum Gasteiger partial charge on any atom is -0.491 e. The van der Waals surface area contributed by atoms with E-state index in [-0.39, 0.29) is 19.3 Å². The van der Waals surface area contributed by atoms with Crippen LogP contribution in [-0.4, -0.2) is 68.5 Å². The minimum atomic E-state index is -0.513. The average Bonchev–Trinajstić information content (AvgIpc) is 3.13. The minimum absolute atomic E-state index is 0.0107. The highest BCUT2D eigenvalue weighted by atomic mass is 16.5. The summed E-state index contributed by atoms with van der Waals surface area (Å²) >= 11 is 0. The van der Waals surface area contributed by atoms with Gasteiger partial charge >= 0.3 is 6.03 Å². The smallest absolute Gasteiger partial charge is 0.312 e. The standard InChI is InChI=1S/C25H34N2O6/c26-25(30)27-24-17-20(7-10-31-11-8-28)23-16-19(3-6-22(23)24)15-18-1-4-21(5-2-18)33-14-13-32-12-9-29/h1-6,15,20,24,28-29H,7-14,16-17H2,(H3,26,27,30). The number of aliphatic hydroxyl groups excluding tert-OH is 2. The summed E-state index contributed by atoms with van der Waals surface area (Å²) in [5.41, 5.74) is 10.1. The van der Waals surface area contributed by atoms with Crippen LogP contribution in [0, 0.1) is 5.92 Å². The van der Waals surface area contributed by atoms with Gasteiger partial charge in [0.15, 0.2) is 0 Å². The Morgan fingerprint density at radius 2 is 1.76 bits per heavy atom. The number of carbonyl (C=O) groups excluding carboxylic acids is 1. The van der Waals surface area contributed by atoms with Crippen LogP contribution in [0.3, 0.4) is 0 Å². The fraction of sp³-hybridized carbons (Fsp3) is 0.480. The summed E-state index contributed by atoms with van der Waals surface area (Å²) in [7, 11) is 0. The van der Waals surface area contributed by atoms with Crippen LogP contribution in [0.5, 0.6) is 5.75 Å². The summed E-state index contributed by atoms with van der Waals surface area (Å²) in [6, 6.07) is 7.30. The zero-order chi connectivity index (χ0) is 23.5. The lowest BCUT2D eigenvalue weighted by molar-refractivity contribution is 0.0705. The Morgan fingerprint density at radius 3 is 2.45 bits per heavy atom. The first kappa shape index (κ1) is 25.0. The second-order valence-corrected chi connectivity index (χ2v) is 8.08. The molecule has 0 heterocycles. The lowest BCUT2D eigenvalue weighted by Gasteiger charge is -2.19. The predicted octanol–water partition coefficient (Wildman–Crippen LogP) is 2.17. The van der Waals surface area contributed by atoms with E-state index < -0.39 is 6.03 Å². The molecule has 0 aromatic heterocycles. The number of benzene rings is 1. The second kappa shape index (κ2) is 13.2. The summed E-state index contributed by atoms with van der Waals surface area (Å²) < 4.78 is 16.3. The quantitative estimate of drug-likeness (QED) is 0.336. The fourth-order valence-corrected chi connectivity index (χ4v) is 4.31. The van der Waals surface area contributed by atoms with Crippen molar-refractivity contribution in [3.05, 3.63) is 58.7 Å². The van der Waals surface area contributed by atoms with Crippen molar-refractivity contribution in [2.24, 2.45) is 11.7 Å². The molecule has 0 spiro atoms. The normalized spacial score (nSPS) is 20.8. The van der Waals surface area contributed by atoms with Gasteiger partial charge in [-0.2, -0.15) is 0 Å². The number of hydrogen-bond acceptors (Lipinski definition) is 6. The number of allylic oxidation sites excluding steroid dienone is 3. The van der Waals surface area contributed by atoms with Gasteiger partial charge in [-0.3, -0.25) is 0 Å². The highest BCUT2D eigenvalue weighted by Gasteiger charge is 2.34. The first-order valence-electron chi connectivity index (χ1n) is 11.4. The zero-order valence-electron chi connectivity index (χ0n) is 18.9. The predicted molar refractivity (Wildman–Crippen MR) is 126 cm³/mol. The molecule has 180 valence electrons. The van der Waals surface area contributed by atoms with Gasteiger partial charge in [0, 0.05) is 6.61 Å². The van der Waals surface area contributed by atoms with Crippen LogP contribution in [0.2, 0.25) is 0 Å². The lowest BCUT2D eigenvalue weighted by atomic mass is 9.88. The number of hydrogen-bond donors (Lipinski definition) is 4. The highest BCUT2D eigenvalue weighted by Crippen LogP contribution is 2.42. The molecule has 1 aromatic carbocycles. The van der Waals surface area contributed by atoms with E-state index in [9.17, 15) is 4.79 Å². The van der Waals surface area contributed by atoms with Gasteiger partial charge in [-0.1, -0.05) is 35.9 Å². The molecule has 8 nitrogen and oxygen atoms in total. The number of aliphatic hydroxyl groups is 2. The zero-order valence-corrected chi connectivity index (χ0v) is 18.9. The van der Waals surface area contributed by atoms with Gasteiger partial charge in [-0.15, -0.1) is 0 Å². The Hall–Kier alpha value is -2.65. The molecule has 0 radical (unpaired) electrons. The molecule has 0 fully saturated rings. The molecule has 3 rings (SSSR count). The molecule has 2 aliphatic carbocycles. The molecule has 2 atom stereocenters. The highest BCUT2D eigenvalue weighted by molar-refractivity contribution is 5.73. The number of urea groups is 1. The monoisotopic (exact) mass is 458 g/mol. The van der Waals surface area contributed by atoms with E-state index in [2.05, 4.69) is 23.5 Å². The maximum Gasteiger partial charge on any atom is 0.312 e. The SMILES string of the molecule is NC(=O)NC1CC(CCOCCO)C2=C1C=CC(=Cc1ccc(OCCOCCO)cc1)C2. The third kappa shape index (κ3) is 7.71. The molecule has 0 bridgehead atoms. The summed E-state index contributed by atoms with van der Waals surface area (Å²) in [4.78, 5) is 11.5. The molecule has 33 heavy (non-hydrogen) atoms. The van der Waals surface area contributed by atoms with Crippen LogP contribution in [0.15, 0.2) is 53.1 Å². The van der Waals surface area contributed by atoms with Crippen molar-refractivity contribution in [2.75, 3.05) is 46.2 Å².